The number of nitrogens with one attached hydrogen (secondary N) is 1. The summed E-state index contributed by atoms with van der Waals surface area (Å²) in [5.41, 5.74) is 0. The minimum Gasteiger partial charge on any atom is -0.479 e. The summed E-state index contributed by atoms with van der Waals surface area (Å²) in [6.45, 7) is 0.205. The molecule has 1 amide bonds. The number of aliphatic hydroxyl groups excluding tert-OH is 5. The van der Waals surface area contributed by atoms with Crippen molar-refractivity contribution >= 4 is 22.3 Å². The van der Waals surface area contributed by atoms with Gasteiger partial charge in [-0.3, -0.25) is 9.35 Å². The van der Waals surface area contributed by atoms with E-state index in [0.29, 0.717) is 0 Å². The fraction of sp³-hybridized carbons (Fsp3) is 0.857. The van der Waals surface area contributed by atoms with Crippen molar-refractivity contribution in [2.24, 2.45) is 0 Å². The van der Waals surface area contributed by atoms with E-state index in [1.54, 1.807) is 0 Å². The molecule has 0 radical (unpaired) electrons. The molecular formula is C14H23NO15S. The summed E-state index contributed by atoms with van der Waals surface area (Å²) in [6.07, 6.45) is -17.9. The Hall–Kier alpha value is -1.51. The number of aliphatic hydroxyl groups is 5. The molecule has 2 fully saturated rings. The van der Waals surface area contributed by atoms with Crippen LogP contribution in [0.15, 0.2) is 0 Å². The maximum atomic E-state index is 11.5. The Bertz CT molecular complexity index is 761. The van der Waals surface area contributed by atoms with E-state index >= 15 is 0 Å². The number of amides is 1. The molecule has 2 rings (SSSR count). The first-order chi connectivity index (χ1) is 14.3. The number of hydrogen-bond acceptors (Lipinski definition) is 13. The van der Waals surface area contributed by atoms with Gasteiger partial charge in [-0.1, -0.05) is 0 Å². The molecule has 0 bridgehead atoms. The van der Waals surface area contributed by atoms with E-state index in [9.17, 15) is 43.5 Å². The molecule has 0 aromatic heterocycles. The second-order valence-corrected chi connectivity index (χ2v) is 7.85. The van der Waals surface area contributed by atoms with Crippen molar-refractivity contribution in [3.8, 4) is 0 Å². The van der Waals surface area contributed by atoms with Gasteiger partial charge in [0.25, 0.3) is 0 Å². The molecule has 0 saturated carbocycles. The van der Waals surface area contributed by atoms with Crippen molar-refractivity contribution in [2.45, 2.75) is 68.3 Å². The van der Waals surface area contributed by atoms with Gasteiger partial charge >= 0.3 is 16.4 Å². The van der Waals surface area contributed by atoms with Gasteiger partial charge in [0, 0.05) is 6.92 Å². The first-order valence-electron chi connectivity index (χ1n) is 8.72. The number of aliphatic carboxylic acids is 1. The summed E-state index contributed by atoms with van der Waals surface area (Å²) in [4.78, 5) is 22.8. The van der Waals surface area contributed by atoms with Gasteiger partial charge in [-0.05, 0) is 0 Å². The lowest BCUT2D eigenvalue weighted by molar-refractivity contribution is -0.333. The van der Waals surface area contributed by atoms with Crippen molar-refractivity contribution in [3.05, 3.63) is 0 Å². The molecule has 0 aromatic carbocycles. The van der Waals surface area contributed by atoms with Crippen molar-refractivity contribution in [1.82, 2.24) is 5.32 Å². The minimum atomic E-state index is -5.29. The Balaban J connectivity index is 2.40. The predicted molar refractivity (Wildman–Crippen MR) is 91.2 cm³/mol. The number of carboxylic acid groups (broad SMARTS) is 1. The first kappa shape index (κ1) is 25.7. The summed E-state index contributed by atoms with van der Waals surface area (Å²) >= 11 is 0. The second-order valence-electron chi connectivity index (χ2n) is 6.80. The topological polar surface area (TPSA) is 259 Å². The number of ether oxygens (including phenoxy) is 3. The number of carbonyl (C=O) groups excluding carboxylic acids is 1. The number of rotatable bonds is 7. The van der Waals surface area contributed by atoms with Crippen LogP contribution in [0.4, 0.5) is 0 Å². The number of carboxylic acids is 1. The minimum absolute atomic E-state index is 0.731. The zero-order chi connectivity index (χ0) is 23.7. The highest BCUT2D eigenvalue weighted by Gasteiger charge is 2.54. The zero-order valence-corrected chi connectivity index (χ0v) is 16.6. The Morgan fingerprint density at radius 1 is 1.03 bits per heavy atom. The Kier molecular flexibility index (Phi) is 8.27. The maximum Gasteiger partial charge on any atom is 0.397 e. The average Bonchev–Trinajstić information content (AvgIpc) is 2.64. The standard InChI is InChI=1S/C14H23NO15S/c1-3(17)15-5-9(6(18)4(2-16)27-13(5)23)28-14-11(30-31(24,25)26)8(20)7(19)10(29-14)12(21)22/h4-11,13-14,16,18-20,23H,2H2,1H3,(H,15,17)(H,21,22)(H,24,25,26)/t4-,5-,6+,7+,8+,9-,10-,11-,13?,14-/m1/s1. The van der Waals surface area contributed by atoms with Crippen LogP contribution in [-0.2, 0) is 38.4 Å². The summed E-state index contributed by atoms with van der Waals surface area (Å²) in [6, 6.07) is -1.54. The molecule has 1 unspecified atom stereocenters. The van der Waals surface area contributed by atoms with Crippen molar-refractivity contribution in [2.75, 3.05) is 6.61 Å². The largest absolute Gasteiger partial charge is 0.479 e. The normalized spacial score (nSPS) is 41.5. The molecule has 31 heavy (non-hydrogen) atoms. The van der Waals surface area contributed by atoms with Crippen LogP contribution in [0.2, 0.25) is 0 Å². The molecule has 16 nitrogen and oxygen atoms in total. The third kappa shape index (κ3) is 6.05. The molecule has 0 spiro atoms. The van der Waals surface area contributed by atoms with Crippen LogP contribution >= 0.6 is 0 Å². The van der Waals surface area contributed by atoms with Crippen LogP contribution < -0.4 is 5.32 Å². The smallest absolute Gasteiger partial charge is 0.397 e. The first-order valence-corrected chi connectivity index (χ1v) is 10.1. The van der Waals surface area contributed by atoms with Crippen LogP contribution in [0.1, 0.15) is 6.92 Å². The van der Waals surface area contributed by atoms with Gasteiger partial charge in [-0.15, -0.1) is 0 Å². The van der Waals surface area contributed by atoms with E-state index in [0.717, 1.165) is 6.92 Å². The molecule has 2 aliphatic rings. The summed E-state index contributed by atoms with van der Waals surface area (Å²) in [7, 11) is -5.29. The predicted octanol–water partition coefficient (Wildman–Crippen LogP) is -5.33. The van der Waals surface area contributed by atoms with Gasteiger partial charge in [0.15, 0.2) is 24.8 Å². The lowest BCUT2D eigenvalue weighted by Gasteiger charge is -2.46. The highest BCUT2D eigenvalue weighted by molar-refractivity contribution is 7.80. The molecule has 2 saturated heterocycles. The fourth-order valence-corrected chi connectivity index (χ4v) is 3.67. The highest BCUT2D eigenvalue weighted by atomic mass is 32.3. The molecule has 17 heteroatoms. The van der Waals surface area contributed by atoms with E-state index in [-0.39, 0.29) is 0 Å². The van der Waals surface area contributed by atoms with Crippen molar-refractivity contribution < 1.29 is 71.6 Å². The zero-order valence-electron chi connectivity index (χ0n) is 15.8. The van der Waals surface area contributed by atoms with Gasteiger partial charge in [-0.2, -0.15) is 8.42 Å². The van der Waals surface area contributed by atoms with Gasteiger partial charge in [0.05, 0.1) is 6.61 Å². The van der Waals surface area contributed by atoms with Crippen molar-refractivity contribution in [1.29, 1.82) is 0 Å². The van der Waals surface area contributed by atoms with Crippen LogP contribution in [0, 0.1) is 0 Å². The van der Waals surface area contributed by atoms with Crippen LogP contribution in [0.25, 0.3) is 0 Å². The number of hydrogen-bond donors (Lipinski definition) is 8. The maximum absolute atomic E-state index is 11.5. The van der Waals surface area contributed by atoms with E-state index in [1.165, 1.54) is 0 Å². The second kappa shape index (κ2) is 9.96. The quantitative estimate of drug-likeness (QED) is 0.159. The molecule has 0 aromatic rings. The van der Waals surface area contributed by atoms with E-state index < -0.39 is 90.2 Å². The lowest BCUT2D eigenvalue weighted by Crippen LogP contribution is -2.68. The molecule has 10 atom stereocenters. The summed E-state index contributed by atoms with van der Waals surface area (Å²) in [5, 5.41) is 61.2. The lowest BCUT2D eigenvalue weighted by atomic mass is 9.95. The Labute approximate surface area is 174 Å². The van der Waals surface area contributed by atoms with Gasteiger partial charge < -0.3 is 50.2 Å². The average molecular weight is 477 g/mol. The SMILES string of the molecule is CC(=O)N[C@H]1C(O)O[C@H](CO)[C@H](O)[C@@H]1O[C@@H]1O[C@@H](C(=O)O)[C@@H](O)[C@H](O)[C@H]1OS(=O)(=O)O. The number of carbonyl (C=O) groups is 2. The van der Waals surface area contributed by atoms with Crippen LogP contribution in [-0.4, -0.2) is 123 Å². The van der Waals surface area contributed by atoms with E-state index in [2.05, 4.69) is 9.50 Å². The van der Waals surface area contributed by atoms with Gasteiger partial charge in [0.2, 0.25) is 5.91 Å². The molecular weight excluding hydrogens is 454 g/mol. The monoisotopic (exact) mass is 477 g/mol. The van der Waals surface area contributed by atoms with Crippen molar-refractivity contribution in [3.63, 3.8) is 0 Å². The van der Waals surface area contributed by atoms with E-state index in [4.69, 9.17) is 23.9 Å². The molecule has 8 N–H and O–H groups in total. The highest BCUT2D eigenvalue weighted by Crippen LogP contribution is 2.30. The molecule has 0 aliphatic carbocycles. The third-order valence-electron chi connectivity index (χ3n) is 4.56. The van der Waals surface area contributed by atoms with Crippen LogP contribution in [0.3, 0.4) is 0 Å². The third-order valence-corrected chi connectivity index (χ3v) is 5.02. The Morgan fingerprint density at radius 2 is 1.65 bits per heavy atom. The van der Waals surface area contributed by atoms with Gasteiger partial charge in [0.1, 0.15) is 36.6 Å². The fourth-order valence-electron chi connectivity index (χ4n) is 3.18. The molecule has 2 heterocycles. The molecule has 2 aliphatic heterocycles. The summed E-state index contributed by atoms with van der Waals surface area (Å²) in [5.74, 6) is -2.52. The van der Waals surface area contributed by atoms with E-state index in [1.807, 2.05) is 0 Å². The van der Waals surface area contributed by atoms with Crippen LogP contribution in [0.5, 0.6) is 0 Å². The summed E-state index contributed by atoms with van der Waals surface area (Å²) < 4.78 is 50.7. The molecule has 180 valence electrons. The Morgan fingerprint density at radius 3 is 2.13 bits per heavy atom. The van der Waals surface area contributed by atoms with Gasteiger partial charge in [-0.25, -0.2) is 8.98 Å².